The molecular formula is C9H10BrN3O2. The fraction of sp³-hybridized carbons (Fsp3) is 0.333. The Bertz CT molecular complexity index is 403. The van der Waals surface area contributed by atoms with Gasteiger partial charge in [0.05, 0.1) is 25.2 Å². The van der Waals surface area contributed by atoms with Crippen molar-refractivity contribution in [3.05, 3.63) is 32.6 Å². The van der Waals surface area contributed by atoms with Crippen molar-refractivity contribution in [2.24, 2.45) is 5.11 Å². The molecule has 0 radical (unpaired) electrons. The van der Waals surface area contributed by atoms with Crippen molar-refractivity contribution in [1.82, 2.24) is 0 Å². The molecule has 0 aromatic heterocycles. The molecule has 6 heteroatoms. The van der Waals surface area contributed by atoms with Crippen molar-refractivity contribution >= 4 is 15.9 Å². The minimum Gasteiger partial charge on any atom is -0.496 e. The van der Waals surface area contributed by atoms with E-state index in [0.29, 0.717) is 11.5 Å². The number of hydrogen-bond donors (Lipinski definition) is 0. The Kier molecular flexibility index (Phi) is 4.27. The van der Waals surface area contributed by atoms with Crippen LogP contribution < -0.4 is 9.47 Å². The Balaban J connectivity index is 3.15. The summed E-state index contributed by atoms with van der Waals surface area (Å²) in [5.74, 6) is 1.34. The Morgan fingerprint density at radius 3 is 2.53 bits per heavy atom. The molecule has 0 amide bonds. The minimum absolute atomic E-state index is 0.239. The highest BCUT2D eigenvalue weighted by Crippen LogP contribution is 2.33. The summed E-state index contributed by atoms with van der Waals surface area (Å²) in [7, 11) is 3.14. The van der Waals surface area contributed by atoms with Crippen molar-refractivity contribution < 1.29 is 9.47 Å². The van der Waals surface area contributed by atoms with Crippen LogP contribution in [-0.2, 0) is 6.54 Å². The van der Waals surface area contributed by atoms with E-state index in [0.717, 1.165) is 10.0 Å². The first kappa shape index (κ1) is 11.7. The lowest BCUT2D eigenvalue weighted by Gasteiger charge is -2.10. The Labute approximate surface area is 95.8 Å². The number of rotatable bonds is 4. The van der Waals surface area contributed by atoms with Crippen molar-refractivity contribution in [2.75, 3.05) is 14.2 Å². The van der Waals surface area contributed by atoms with Gasteiger partial charge in [-0.1, -0.05) is 5.11 Å². The first-order chi connectivity index (χ1) is 7.22. The maximum atomic E-state index is 8.25. The van der Waals surface area contributed by atoms with E-state index in [1.807, 2.05) is 0 Å². The fourth-order valence-corrected chi connectivity index (χ4v) is 1.64. The van der Waals surface area contributed by atoms with Crippen LogP contribution in [0.3, 0.4) is 0 Å². The molecule has 5 nitrogen and oxygen atoms in total. The van der Waals surface area contributed by atoms with Crippen LogP contribution >= 0.6 is 15.9 Å². The fourth-order valence-electron chi connectivity index (χ4n) is 1.16. The van der Waals surface area contributed by atoms with Crippen LogP contribution in [0.5, 0.6) is 11.5 Å². The molecule has 0 unspecified atom stereocenters. The predicted molar refractivity (Wildman–Crippen MR) is 60.1 cm³/mol. The standard InChI is InChI=1S/C9H10BrN3O2/c1-14-8-4-7(10)9(15-2)3-6(8)5-12-13-11/h3-4H,5H2,1-2H3. The highest BCUT2D eigenvalue weighted by molar-refractivity contribution is 9.10. The maximum Gasteiger partial charge on any atom is 0.133 e. The molecule has 15 heavy (non-hydrogen) atoms. The topological polar surface area (TPSA) is 67.2 Å². The van der Waals surface area contributed by atoms with Crippen LogP contribution in [0.25, 0.3) is 10.4 Å². The van der Waals surface area contributed by atoms with E-state index in [9.17, 15) is 0 Å². The van der Waals surface area contributed by atoms with E-state index < -0.39 is 0 Å². The molecule has 0 saturated heterocycles. The SMILES string of the molecule is COc1cc(CN=[N+]=[N-])c(OC)cc1Br. The molecule has 1 aromatic carbocycles. The summed E-state index contributed by atoms with van der Waals surface area (Å²) in [5, 5.41) is 3.49. The lowest BCUT2D eigenvalue weighted by Crippen LogP contribution is -1.93. The minimum atomic E-state index is 0.239. The van der Waals surface area contributed by atoms with Gasteiger partial charge in [0.1, 0.15) is 11.5 Å². The summed E-state index contributed by atoms with van der Waals surface area (Å²) >= 11 is 3.34. The lowest BCUT2D eigenvalue weighted by molar-refractivity contribution is 0.397. The molecule has 1 aromatic rings. The second-order valence-electron chi connectivity index (χ2n) is 2.69. The van der Waals surface area contributed by atoms with E-state index >= 15 is 0 Å². The number of ether oxygens (including phenoxy) is 2. The van der Waals surface area contributed by atoms with E-state index in [4.69, 9.17) is 15.0 Å². The molecule has 0 atom stereocenters. The van der Waals surface area contributed by atoms with Crippen molar-refractivity contribution in [3.63, 3.8) is 0 Å². The van der Waals surface area contributed by atoms with Gasteiger partial charge in [0, 0.05) is 10.5 Å². The average Bonchev–Trinajstić information content (AvgIpc) is 2.26. The smallest absolute Gasteiger partial charge is 0.133 e. The molecule has 0 fully saturated rings. The van der Waals surface area contributed by atoms with E-state index in [-0.39, 0.29) is 6.54 Å². The highest BCUT2D eigenvalue weighted by Gasteiger charge is 2.08. The molecular weight excluding hydrogens is 262 g/mol. The van der Waals surface area contributed by atoms with Gasteiger partial charge in [-0.2, -0.15) is 0 Å². The second-order valence-corrected chi connectivity index (χ2v) is 3.54. The van der Waals surface area contributed by atoms with Gasteiger partial charge in [-0.15, -0.1) is 0 Å². The Morgan fingerprint density at radius 1 is 1.33 bits per heavy atom. The number of halogens is 1. The molecule has 0 aliphatic heterocycles. The summed E-state index contributed by atoms with van der Waals surface area (Å²) in [6.07, 6.45) is 0. The van der Waals surface area contributed by atoms with Crippen LogP contribution in [0.15, 0.2) is 21.7 Å². The summed E-state index contributed by atoms with van der Waals surface area (Å²) in [4.78, 5) is 2.70. The molecule has 0 spiro atoms. The van der Waals surface area contributed by atoms with Crippen molar-refractivity contribution in [3.8, 4) is 11.5 Å². The highest BCUT2D eigenvalue weighted by atomic mass is 79.9. The Morgan fingerprint density at radius 2 is 2.00 bits per heavy atom. The first-order valence-electron chi connectivity index (χ1n) is 4.14. The molecule has 80 valence electrons. The molecule has 0 heterocycles. The molecule has 0 N–H and O–H groups in total. The summed E-state index contributed by atoms with van der Waals surface area (Å²) < 4.78 is 11.1. The number of methoxy groups -OCH3 is 2. The van der Waals surface area contributed by atoms with Gasteiger partial charge < -0.3 is 9.47 Å². The van der Waals surface area contributed by atoms with Crippen LogP contribution in [0, 0.1) is 0 Å². The average molecular weight is 272 g/mol. The number of azide groups is 1. The van der Waals surface area contributed by atoms with Crippen LogP contribution in [0.1, 0.15) is 5.56 Å². The maximum absolute atomic E-state index is 8.25. The van der Waals surface area contributed by atoms with Crippen molar-refractivity contribution in [1.29, 1.82) is 0 Å². The van der Waals surface area contributed by atoms with E-state index in [1.54, 1.807) is 26.4 Å². The predicted octanol–water partition coefficient (Wildman–Crippen LogP) is 3.28. The number of nitrogens with zero attached hydrogens (tertiary/aromatic N) is 3. The van der Waals surface area contributed by atoms with Gasteiger partial charge in [-0.25, -0.2) is 0 Å². The van der Waals surface area contributed by atoms with Gasteiger partial charge >= 0.3 is 0 Å². The quantitative estimate of drug-likeness (QED) is 0.479. The third-order valence-corrected chi connectivity index (χ3v) is 2.48. The molecule has 0 aliphatic rings. The lowest BCUT2D eigenvalue weighted by atomic mass is 10.2. The third kappa shape index (κ3) is 2.78. The monoisotopic (exact) mass is 271 g/mol. The number of hydrogen-bond acceptors (Lipinski definition) is 3. The zero-order valence-electron chi connectivity index (χ0n) is 8.40. The zero-order chi connectivity index (χ0) is 11.3. The summed E-state index contributed by atoms with van der Waals surface area (Å²) in [6.45, 7) is 0.239. The van der Waals surface area contributed by atoms with Gasteiger partial charge in [-0.3, -0.25) is 0 Å². The van der Waals surface area contributed by atoms with Crippen LogP contribution in [-0.4, -0.2) is 14.2 Å². The van der Waals surface area contributed by atoms with Gasteiger partial charge in [0.25, 0.3) is 0 Å². The summed E-state index contributed by atoms with van der Waals surface area (Å²) in [6, 6.07) is 3.55. The first-order valence-corrected chi connectivity index (χ1v) is 4.93. The molecule has 1 rings (SSSR count). The van der Waals surface area contributed by atoms with Gasteiger partial charge in [0.15, 0.2) is 0 Å². The van der Waals surface area contributed by atoms with Gasteiger partial charge in [-0.05, 0) is 33.6 Å². The van der Waals surface area contributed by atoms with Crippen molar-refractivity contribution in [2.45, 2.75) is 6.54 Å². The van der Waals surface area contributed by atoms with Crippen LogP contribution in [0.4, 0.5) is 0 Å². The van der Waals surface area contributed by atoms with E-state index in [2.05, 4.69) is 26.0 Å². The molecule has 0 bridgehead atoms. The molecule has 0 saturated carbocycles. The number of benzene rings is 1. The second kappa shape index (κ2) is 5.48. The normalized spacial score (nSPS) is 9.27. The Hall–Kier alpha value is -1.39. The van der Waals surface area contributed by atoms with Crippen LogP contribution in [0.2, 0.25) is 0 Å². The van der Waals surface area contributed by atoms with E-state index in [1.165, 1.54) is 0 Å². The largest absolute Gasteiger partial charge is 0.496 e. The van der Waals surface area contributed by atoms with Gasteiger partial charge in [0.2, 0.25) is 0 Å². The third-order valence-electron chi connectivity index (χ3n) is 1.86. The zero-order valence-corrected chi connectivity index (χ0v) is 9.98. The molecule has 0 aliphatic carbocycles. The summed E-state index contributed by atoms with van der Waals surface area (Å²) in [5.41, 5.74) is 9.04.